The Morgan fingerprint density at radius 1 is 0.897 bits per heavy atom. The summed E-state index contributed by atoms with van der Waals surface area (Å²) in [5, 5.41) is 0.335. The number of esters is 1. The third-order valence-corrected chi connectivity index (χ3v) is 5.70. The van der Waals surface area contributed by atoms with Crippen molar-refractivity contribution in [3.63, 3.8) is 0 Å². The highest BCUT2D eigenvalue weighted by atomic mass is 31.2. The van der Waals surface area contributed by atoms with Crippen LogP contribution in [0.1, 0.15) is 20.8 Å². The molecule has 0 saturated heterocycles. The molecular formula is C18H17F5NO4P. The zero-order chi connectivity index (χ0) is 21.9. The first kappa shape index (κ1) is 22.8. The quantitative estimate of drug-likeness (QED) is 0.231. The lowest BCUT2D eigenvalue weighted by atomic mass is 10.3. The average Bonchev–Trinajstić information content (AvgIpc) is 2.65. The fourth-order valence-electron chi connectivity index (χ4n) is 2.26. The van der Waals surface area contributed by atoms with Crippen LogP contribution >= 0.6 is 7.52 Å². The summed E-state index contributed by atoms with van der Waals surface area (Å²) >= 11 is 0. The lowest BCUT2D eigenvalue weighted by molar-refractivity contribution is -0.149. The second-order valence-corrected chi connectivity index (χ2v) is 8.20. The highest BCUT2D eigenvalue weighted by Crippen LogP contribution is 2.45. The van der Waals surface area contributed by atoms with Gasteiger partial charge in [0.05, 0.1) is 6.10 Å². The molecule has 0 amide bonds. The molecule has 2 aromatic rings. The van der Waals surface area contributed by atoms with Crippen LogP contribution < -0.4 is 14.9 Å². The van der Waals surface area contributed by atoms with E-state index in [-0.39, 0.29) is 5.75 Å². The summed E-state index contributed by atoms with van der Waals surface area (Å²) in [6.45, 7) is 4.18. The molecule has 0 bridgehead atoms. The molecule has 0 saturated carbocycles. The highest BCUT2D eigenvalue weighted by Gasteiger charge is 2.42. The van der Waals surface area contributed by atoms with Crippen LogP contribution in [0.25, 0.3) is 0 Å². The van der Waals surface area contributed by atoms with Crippen LogP contribution in [0.2, 0.25) is 0 Å². The summed E-state index contributed by atoms with van der Waals surface area (Å²) in [5.74, 6) is -12.8. The van der Waals surface area contributed by atoms with E-state index in [1.165, 1.54) is 38.1 Å². The number of ether oxygens (including phenoxy) is 1. The summed E-state index contributed by atoms with van der Waals surface area (Å²) in [6.07, 6.45) is -0.574. The van der Waals surface area contributed by atoms with Gasteiger partial charge in [-0.05, 0) is 32.9 Å². The molecule has 0 fully saturated rings. The molecule has 29 heavy (non-hydrogen) atoms. The molecule has 0 aliphatic carbocycles. The van der Waals surface area contributed by atoms with Crippen LogP contribution in [-0.2, 0) is 14.1 Å². The Hall–Kier alpha value is -2.45. The van der Waals surface area contributed by atoms with Gasteiger partial charge in [0, 0.05) is 0 Å². The first-order valence-corrected chi connectivity index (χ1v) is 9.95. The number of rotatable bonds is 7. The van der Waals surface area contributed by atoms with Crippen molar-refractivity contribution in [3.05, 3.63) is 59.4 Å². The second-order valence-electron chi connectivity index (χ2n) is 6.21. The van der Waals surface area contributed by atoms with Crippen LogP contribution in [0.4, 0.5) is 22.0 Å². The molecule has 0 aromatic heterocycles. The first-order valence-electron chi connectivity index (χ1n) is 8.33. The van der Waals surface area contributed by atoms with Crippen molar-refractivity contribution in [2.24, 2.45) is 0 Å². The van der Waals surface area contributed by atoms with Gasteiger partial charge in [0.25, 0.3) is 0 Å². The minimum Gasteiger partial charge on any atom is -0.462 e. The molecule has 0 radical (unpaired) electrons. The summed E-state index contributed by atoms with van der Waals surface area (Å²) in [5.41, 5.74) is 0. The number of hydrogen-bond donors (Lipinski definition) is 1. The van der Waals surface area contributed by atoms with Gasteiger partial charge < -0.3 is 9.26 Å². The molecule has 5 nitrogen and oxygen atoms in total. The molecule has 11 heteroatoms. The molecule has 158 valence electrons. The first-order chi connectivity index (χ1) is 13.5. The molecule has 2 rings (SSSR count). The molecule has 0 spiro atoms. The Morgan fingerprint density at radius 2 is 1.38 bits per heavy atom. The third-order valence-electron chi connectivity index (χ3n) is 3.53. The van der Waals surface area contributed by atoms with Gasteiger partial charge in [-0.15, -0.1) is 0 Å². The Bertz CT molecular complexity index is 926. The number of benzene rings is 2. The van der Waals surface area contributed by atoms with Crippen LogP contribution in [0.5, 0.6) is 5.75 Å². The second kappa shape index (κ2) is 8.92. The number of carbonyl (C=O) groups excluding carboxylic acids is 1. The summed E-state index contributed by atoms with van der Waals surface area (Å²) in [4.78, 5) is 12.0. The number of para-hydroxylation sites is 1. The molecule has 0 heterocycles. The number of nitrogens with one attached hydrogen (secondary N) is 1. The van der Waals surface area contributed by atoms with Crippen molar-refractivity contribution in [2.45, 2.75) is 32.9 Å². The Morgan fingerprint density at radius 3 is 1.86 bits per heavy atom. The average molecular weight is 437 g/mol. The van der Waals surface area contributed by atoms with E-state index in [1.807, 2.05) is 5.09 Å². The van der Waals surface area contributed by atoms with E-state index < -0.39 is 60.0 Å². The van der Waals surface area contributed by atoms with Crippen molar-refractivity contribution in [1.29, 1.82) is 0 Å². The molecule has 2 atom stereocenters. The van der Waals surface area contributed by atoms with Crippen LogP contribution in [0.3, 0.4) is 0 Å². The van der Waals surface area contributed by atoms with Gasteiger partial charge in [-0.25, -0.2) is 27.0 Å². The fourth-order valence-corrected chi connectivity index (χ4v) is 4.28. The Balaban J connectivity index is 2.60. The van der Waals surface area contributed by atoms with Crippen molar-refractivity contribution in [2.75, 3.05) is 0 Å². The SMILES string of the molecule is CC(C)OC(=O)[C@H](C)NP(=O)(Oc1ccccc1)c1c(F)c(F)c(F)c(F)c1F. The van der Waals surface area contributed by atoms with Gasteiger partial charge in [-0.3, -0.25) is 9.36 Å². The highest BCUT2D eigenvalue weighted by molar-refractivity contribution is 7.65. The standard InChI is InChI=1S/C18H17F5NO4P/c1-9(2)27-18(25)10(3)24-29(26,28-11-7-5-4-6-8-11)17-15(22)13(20)12(19)14(21)16(17)23/h4-10H,1-3H3,(H,24,26)/t10-,29?/m0/s1. The molecule has 0 aliphatic heterocycles. The van der Waals surface area contributed by atoms with E-state index in [2.05, 4.69) is 0 Å². The van der Waals surface area contributed by atoms with Gasteiger partial charge in [-0.2, -0.15) is 0 Å². The van der Waals surface area contributed by atoms with Gasteiger partial charge in [0.2, 0.25) is 5.82 Å². The van der Waals surface area contributed by atoms with Gasteiger partial charge in [0.15, 0.2) is 23.3 Å². The van der Waals surface area contributed by atoms with Gasteiger partial charge >= 0.3 is 13.5 Å². The normalized spacial score (nSPS) is 14.4. The van der Waals surface area contributed by atoms with Crippen LogP contribution in [-0.4, -0.2) is 18.1 Å². The Kier molecular flexibility index (Phi) is 7.02. The zero-order valence-corrected chi connectivity index (χ0v) is 16.4. The molecule has 1 unspecified atom stereocenters. The lowest BCUT2D eigenvalue weighted by Crippen LogP contribution is -2.40. The maximum atomic E-state index is 14.3. The maximum absolute atomic E-state index is 14.3. The largest absolute Gasteiger partial charge is 0.462 e. The third kappa shape index (κ3) is 4.94. The van der Waals surface area contributed by atoms with Crippen LogP contribution in [0, 0.1) is 29.1 Å². The molecule has 0 aliphatic rings. The minimum absolute atomic E-state index is 0.197. The zero-order valence-electron chi connectivity index (χ0n) is 15.5. The number of hydrogen-bond acceptors (Lipinski definition) is 4. The van der Waals surface area contributed by atoms with Crippen molar-refractivity contribution < 1.29 is 40.6 Å². The van der Waals surface area contributed by atoms with E-state index in [0.717, 1.165) is 6.92 Å². The van der Waals surface area contributed by atoms with E-state index in [4.69, 9.17) is 9.26 Å². The van der Waals surface area contributed by atoms with Crippen molar-refractivity contribution >= 4 is 18.8 Å². The van der Waals surface area contributed by atoms with Crippen LogP contribution in [0.15, 0.2) is 30.3 Å². The molecule has 2 aromatic carbocycles. The number of carbonyl (C=O) groups is 1. The monoisotopic (exact) mass is 437 g/mol. The lowest BCUT2D eigenvalue weighted by Gasteiger charge is -2.25. The van der Waals surface area contributed by atoms with Gasteiger partial charge in [-0.1, -0.05) is 18.2 Å². The summed E-state index contributed by atoms with van der Waals surface area (Å²) in [6, 6.07) is 5.42. The Labute approximate surface area is 163 Å². The predicted molar refractivity (Wildman–Crippen MR) is 94.4 cm³/mol. The molecular weight excluding hydrogens is 420 g/mol. The minimum atomic E-state index is -5.04. The molecule has 1 N–H and O–H groups in total. The van der Waals surface area contributed by atoms with Crippen molar-refractivity contribution in [1.82, 2.24) is 5.09 Å². The smallest absolute Gasteiger partial charge is 0.353 e. The van der Waals surface area contributed by atoms with E-state index in [9.17, 15) is 31.3 Å². The summed E-state index contributed by atoms with van der Waals surface area (Å²) < 4.78 is 92.8. The van der Waals surface area contributed by atoms with Gasteiger partial charge in [0.1, 0.15) is 17.1 Å². The van der Waals surface area contributed by atoms with Crippen molar-refractivity contribution in [3.8, 4) is 5.75 Å². The number of halogens is 5. The topological polar surface area (TPSA) is 64.6 Å². The fraction of sp³-hybridized carbons (Fsp3) is 0.278. The van der Waals surface area contributed by atoms with E-state index in [0.29, 0.717) is 0 Å². The van der Waals surface area contributed by atoms with E-state index in [1.54, 1.807) is 6.07 Å². The predicted octanol–water partition coefficient (Wildman–Crippen LogP) is 4.21. The maximum Gasteiger partial charge on any atom is 0.353 e. The summed E-state index contributed by atoms with van der Waals surface area (Å²) in [7, 11) is -5.04. The van der Waals surface area contributed by atoms with E-state index >= 15 is 0 Å².